The summed E-state index contributed by atoms with van der Waals surface area (Å²) in [4.78, 5) is -0.237. The van der Waals surface area contributed by atoms with Crippen LogP contribution in [0, 0.1) is 5.82 Å². The molecule has 4 nitrogen and oxygen atoms in total. The van der Waals surface area contributed by atoms with Gasteiger partial charge in [-0.3, -0.25) is 0 Å². The quantitative estimate of drug-likeness (QED) is 0.802. The first-order valence-corrected chi connectivity index (χ1v) is 8.34. The van der Waals surface area contributed by atoms with Crippen LogP contribution >= 0.6 is 0 Å². The van der Waals surface area contributed by atoms with E-state index in [-0.39, 0.29) is 4.90 Å². The minimum Gasteiger partial charge on any atom is -0.316 e. The highest BCUT2D eigenvalue weighted by Gasteiger charge is 2.26. The molecule has 114 valence electrons. The predicted octanol–water partition coefficient (Wildman–Crippen LogP) is 2.36. The van der Waals surface area contributed by atoms with E-state index in [2.05, 4.69) is 5.32 Å². The lowest BCUT2D eigenvalue weighted by atomic mass is 10.2. The minimum absolute atomic E-state index is 0.237. The van der Waals surface area contributed by atoms with E-state index in [0.717, 1.165) is 5.56 Å². The molecule has 1 aromatic carbocycles. The molecule has 0 amide bonds. The lowest BCUT2D eigenvalue weighted by Gasteiger charge is -2.21. The summed E-state index contributed by atoms with van der Waals surface area (Å²) in [5, 5.41) is 2.91. The predicted molar refractivity (Wildman–Crippen MR) is 78.5 cm³/mol. The second kappa shape index (κ2) is 7.71. The van der Waals surface area contributed by atoms with Crippen molar-refractivity contribution in [3.63, 3.8) is 0 Å². The summed E-state index contributed by atoms with van der Waals surface area (Å²) in [7, 11) is -1.99. The molecule has 0 aliphatic carbocycles. The van der Waals surface area contributed by atoms with Crippen LogP contribution in [-0.4, -0.2) is 32.9 Å². The molecule has 1 N–H and O–H groups in total. The first kappa shape index (κ1) is 17.1. The highest BCUT2D eigenvalue weighted by molar-refractivity contribution is 7.89. The van der Waals surface area contributed by atoms with Crippen molar-refractivity contribution in [1.29, 1.82) is 0 Å². The molecular formula is C14H23FN2O2S. The van der Waals surface area contributed by atoms with Gasteiger partial charge in [0.2, 0.25) is 10.0 Å². The number of hydrogen-bond acceptors (Lipinski definition) is 3. The molecule has 20 heavy (non-hydrogen) atoms. The smallest absolute Gasteiger partial charge is 0.245 e. The third-order valence-electron chi connectivity index (χ3n) is 2.94. The Kier molecular flexibility index (Phi) is 6.58. The van der Waals surface area contributed by atoms with E-state index in [1.807, 2.05) is 13.8 Å². The van der Waals surface area contributed by atoms with Crippen LogP contribution in [0.3, 0.4) is 0 Å². The monoisotopic (exact) mass is 302 g/mol. The van der Waals surface area contributed by atoms with Gasteiger partial charge in [0, 0.05) is 19.6 Å². The summed E-state index contributed by atoms with van der Waals surface area (Å²) in [6.07, 6.45) is 1.41. The minimum atomic E-state index is -3.75. The standard InChI is InChI=1S/C14H23FN2O2S/c1-4-8-17(9-5-2)20(18,19)14-7-6-12(11-16-3)10-13(14)15/h6-7,10,16H,4-5,8-9,11H2,1-3H3. The normalized spacial score (nSPS) is 12.1. The molecular weight excluding hydrogens is 279 g/mol. The Morgan fingerprint density at radius 3 is 2.25 bits per heavy atom. The maximum atomic E-state index is 14.1. The van der Waals surface area contributed by atoms with Gasteiger partial charge < -0.3 is 5.32 Å². The molecule has 0 heterocycles. The molecule has 0 radical (unpaired) electrons. The Bertz CT molecular complexity index is 526. The van der Waals surface area contributed by atoms with Crippen LogP contribution in [0.4, 0.5) is 4.39 Å². The molecule has 0 spiro atoms. The SMILES string of the molecule is CCCN(CCC)S(=O)(=O)c1ccc(CNC)cc1F. The van der Waals surface area contributed by atoms with Crippen molar-refractivity contribution in [1.82, 2.24) is 9.62 Å². The zero-order chi connectivity index (χ0) is 15.2. The van der Waals surface area contributed by atoms with Crippen molar-refractivity contribution in [3.8, 4) is 0 Å². The van der Waals surface area contributed by atoms with E-state index >= 15 is 0 Å². The van der Waals surface area contributed by atoms with Crippen LogP contribution < -0.4 is 5.32 Å². The number of hydrogen-bond donors (Lipinski definition) is 1. The number of sulfonamides is 1. The van der Waals surface area contributed by atoms with Gasteiger partial charge in [0.15, 0.2) is 0 Å². The summed E-state index contributed by atoms with van der Waals surface area (Å²) >= 11 is 0. The van der Waals surface area contributed by atoms with E-state index in [9.17, 15) is 12.8 Å². The fourth-order valence-corrected chi connectivity index (χ4v) is 3.73. The topological polar surface area (TPSA) is 49.4 Å². The molecule has 0 atom stereocenters. The number of nitrogens with zero attached hydrogens (tertiary/aromatic N) is 1. The Hall–Kier alpha value is -0.980. The highest BCUT2D eigenvalue weighted by atomic mass is 32.2. The van der Waals surface area contributed by atoms with Crippen molar-refractivity contribution in [3.05, 3.63) is 29.6 Å². The Morgan fingerprint density at radius 2 is 1.80 bits per heavy atom. The molecule has 6 heteroatoms. The highest BCUT2D eigenvalue weighted by Crippen LogP contribution is 2.21. The summed E-state index contributed by atoms with van der Waals surface area (Å²) in [5.74, 6) is -0.685. The summed E-state index contributed by atoms with van der Waals surface area (Å²) in [6.45, 7) is 5.14. The number of halogens is 1. The third kappa shape index (κ3) is 4.01. The fraction of sp³-hybridized carbons (Fsp3) is 0.571. The van der Waals surface area contributed by atoms with Gasteiger partial charge in [-0.1, -0.05) is 19.9 Å². The lowest BCUT2D eigenvalue weighted by molar-refractivity contribution is 0.406. The molecule has 0 saturated heterocycles. The van der Waals surface area contributed by atoms with Crippen molar-refractivity contribution in [2.45, 2.75) is 38.1 Å². The van der Waals surface area contributed by atoms with Crippen LogP contribution in [0.25, 0.3) is 0 Å². The van der Waals surface area contributed by atoms with Crippen LogP contribution in [0.5, 0.6) is 0 Å². The lowest BCUT2D eigenvalue weighted by Crippen LogP contribution is -2.33. The fourth-order valence-electron chi connectivity index (χ4n) is 2.06. The zero-order valence-corrected chi connectivity index (χ0v) is 13.1. The average molecular weight is 302 g/mol. The van der Waals surface area contributed by atoms with Gasteiger partial charge in [0.05, 0.1) is 0 Å². The Labute approximate surface area is 121 Å². The second-order valence-corrected chi connectivity index (χ2v) is 6.61. The van der Waals surface area contributed by atoms with E-state index in [1.54, 1.807) is 13.1 Å². The van der Waals surface area contributed by atoms with Crippen molar-refractivity contribution in [2.24, 2.45) is 0 Å². The molecule has 1 aromatic rings. The molecule has 0 aliphatic heterocycles. The Balaban J connectivity index is 3.13. The first-order valence-electron chi connectivity index (χ1n) is 6.90. The van der Waals surface area contributed by atoms with Gasteiger partial charge in [-0.2, -0.15) is 4.31 Å². The second-order valence-electron chi connectivity index (χ2n) is 4.70. The van der Waals surface area contributed by atoms with Crippen LogP contribution in [0.2, 0.25) is 0 Å². The van der Waals surface area contributed by atoms with Gasteiger partial charge in [-0.15, -0.1) is 0 Å². The van der Waals surface area contributed by atoms with Gasteiger partial charge in [0.1, 0.15) is 10.7 Å². The summed E-state index contributed by atoms with van der Waals surface area (Å²) < 4.78 is 40.4. The molecule has 0 unspecified atom stereocenters. The molecule has 0 aromatic heterocycles. The zero-order valence-electron chi connectivity index (χ0n) is 12.3. The van der Waals surface area contributed by atoms with Crippen molar-refractivity contribution >= 4 is 10.0 Å². The van der Waals surface area contributed by atoms with Crippen molar-refractivity contribution < 1.29 is 12.8 Å². The molecule has 0 aliphatic rings. The number of benzene rings is 1. The first-order chi connectivity index (χ1) is 9.47. The molecule has 0 fully saturated rings. The van der Waals surface area contributed by atoms with Crippen LogP contribution in [-0.2, 0) is 16.6 Å². The van der Waals surface area contributed by atoms with E-state index in [4.69, 9.17) is 0 Å². The largest absolute Gasteiger partial charge is 0.316 e. The molecule has 0 saturated carbocycles. The number of nitrogens with one attached hydrogen (secondary N) is 1. The van der Waals surface area contributed by atoms with E-state index in [1.165, 1.54) is 16.4 Å². The molecule has 0 bridgehead atoms. The van der Waals surface area contributed by atoms with E-state index in [0.29, 0.717) is 32.5 Å². The van der Waals surface area contributed by atoms with Gasteiger partial charge >= 0.3 is 0 Å². The molecule has 1 rings (SSSR count). The van der Waals surface area contributed by atoms with Crippen LogP contribution in [0.15, 0.2) is 23.1 Å². The summed E-state index contributed by atoms with van der Waals surface area (Å²) in [5.41, 5.74) is 0.724. The van der Waals surface area contributed by atoms with Gasteiger partial charge in [0.25, 0.3) is 0 Å². The van der Waals surface area contributed by atoms with Crippen molar-refractivity contribution in [2.75, 3.05) is 20.1 Å². The maximum absolute atomic E-state index is 14.1. The average Bonchev–Trinajstić information content (AvgIpc) is 2.38. The number of rotatable bonds is 8. The Morgan fingerprint density at radius 1 is 1.20 bits per heavy atom. The van der Waals surface area contributed by atoms with E-state index < -0.39 is 15.8 Å². The van der Waals surface area contributed by atoms with Gasteiger partial charge in [-0.05, 0) is 37.6 Å². The summed E-state index contributed by atoms with van der Waals surface area (Å²) in [6, 6.07) is 4.28. The maximum Gasteiger partial charge on any atom is 0.245 e. The van der Waals surface area contributed by atoms with Crippen LogP contribution in [0.1, 0.15) is 32.3 Å². The van der Waals surface area contributed by atoms with Gasteiger partial charge in [-0.25, -0.2) is 12.8 Å². The third-order valence-corrected chi connectivity index (χ3v) is 4.87.